The minimum atomic E-state index is -3.91. The highest BCUT2D eigenvalue weighted by Crippen LogP contribution is 2.35. The third-order valence-electron chi connectivity index (χ3n) is 6.83. The van der Waals surface area contributed by atoms with Crippen LogP contribution in [0.3, 0.4) is 0 Å². The topological polar surface area (TPSA) is 148 Å². The van der Waals surface area contributed by atoms with E-state index in [1.165, 1.54) is 17.0 Å². The summed E-state index contributed by atoms with van der Waals surface area (Å²) < 4.78 is 42.2. The quantitative estimate of drug-likeness (QED) is 0.496. The number of carbonyl (C=O) groups is 2. The predicted molar refractivity (Wildman–Crippen MR) is 144 cm³/mol. The molecule has 1 aromatic carbocycles. The highest BCUT2D eigenvalue weighted by Gasteiger charge is 2.35. The van der Waals surface area contributed by atoms with Crippen molar-refractivity contribution >= 4 is 22.1 Å². The summed E-state index contributed by atoms with van der Waals surface area (Å²) in [6, 6.07) is 8.08. The highest BCUT2D eigenvalue weighted by molar-refractivity contribution is 7.86. The van der Waals surface area contributed by atoms with Crippen molar-refractivity contribution in [2.24, 2.45) is 5.92 Å². The number of benzene rings is 1. The Labute approximate surface area is 234 Å². The summed E-state index contributed by atoms with van der Waals surface area (Å²) in [6.07, 6.45) is 0.342. The van der Waals surface area contributed by atoms with Gasteiger partial charge in [-0.3, -0.25) is 13.9 Å². The van der Waals surface area contributed by atoms with Gasteiger partial charge in [0.05, 0.1) is 17.5 Å². The molecule has 40 heavy (non-hydrogen) atoms. The van der Waals surface area contributed by atoms with Crippen molar-refractivity contribution < 1.29 is 31.7 Å². The molecule has 1 saturated heterocycles. The first-order chi connectivity index (χ1) is 18.8. The molecule has 0 saturated carbocycles. The SMILES string of the molecule is Cc1ccc(S(=O)(=O)OCC2Cc3c(C#N)nc(OCC4CNC(=O)CN4C(=O)OC(C)(C)C)c(C)c3C2)cc1. The number of ether oxygens (including phenoxy) is 2. The lowest BCUT2D eigenvalue weighted by molar-refractivity contribution is -0.125. The van der Waals surface area contributed by atoms with Gasteiger partial charge in [-0.2, -0.15) is 13.7 Å². The normalized spacial score (nSPS) is 19.0. The lowest BCUT2D eigenvalue weighted by Gasteiger charge is -2.36. The number of nitriles is 1. The first-order valence-electron chi connectivity index (χ1n) is 13.0. The van der Waals surface area contributed by atoms with Crippen LogP contribution in [0.5, 0.6) is 5.88 Å². The molecule has 1 aromatic heterocycles. The second kappa shape index (κ2) is 11.4. The van der Waals surface area contributed by atoms with E-state index in [9.17, 15) is 23.3 Å². The van der Waals surface area contributed by atoms with E-state index in [0.29, 0.717) is 12.8 Å². The number of aryl methyl sites for hydroxylation is 1. The Morgan fingerprint density at radius 1 is 1.15 bits per heavy atom. The zero-order valence-electron chi connectivity index (χ0n) is 23.3. The van der Waals surface area contributed by atoms with Gasteiger partial charge in [-0.25, -0.2) is 9.78 Å². The maximum atomic E-state index is 12.7. The number of pyridine rings is 1. The number of aromatic nitrogens is 1. The van der Waals surface area contributed by atoms with Crippen LogP contribution in [0.2, 0.25) is 0 Å². The average Bonchev–Trinajstić information content (AvgIpc) is 3.32. The number of piperazine rings is 1. The van der Waals surface area contributed by atoms with Gasteiger partial charge in [0.15, 0.2) is 0 Å². The summed E-state index contributed by atoms with van der Waals surface area (Å²) in [5.41, 5.74) is 2.80. The molecule has 11 nitrogen and oxygen atoms in total. The smallest absolute Gasteiger partial charge is 0.411 e. The molecule has 1 aliphatic heterocycles. The van der Waals surface area contributed by atoms with E-state index < -0.39 is 27.9 Å². The van der Waals surface area contributed by atoms with E-state index in [1.54, 1.807) is 32.9 Å². The molecule has 0 radical (unpaired) electrons. The summed E-state index contributed by atoms with van der Waals surface area (Å²) in [5.74, 6) is -0.196. The molecule has 2 unspecified atom stereocenters. The summed E-state index contributed by atoms with van der Waals surface area (Å²) >= 11 is 0. The molecule has 2 atom stereocenters. The van der Waals surface area contributed by atoms with Gasteiger partial charge < -0.3 is 14.8 Å². The molecule has 12 heteroatoms. The summed E-state index contributed by atoms with van der Waals surface area (Å²) in [7, 11) is -3.91. The van der Waals surface area contributed by atoms with Crippen LogP contribution in [0.4, 0.5) is 4.79 Å². The molecule has 214 valence electrons. The molecule has 1 aliphatic carbocycles. The second-order valence-corrected chi connectivity index (χ2v) is 12.8. The maximum Gasteiger partial charge on any atom is 0.411 e. The maximum absolute atomic E-state index is 12.7. The lowest BCUT2D eigenvalue weighted by Crippen LogP contribution is -2.59. The molecular formula is C28H34N4O7S. The molecule has 0 bridgehead atoms. The zero-order chi connectivity index (χ0) is 29.2. The van der Waals surface area contributed by atoms with Gasteiger partial charge in [-0.05, 0) is 76.6 Å². The van der Waals surface area contributed by atoms with Crippen LogP contribution in [0.1, 0.15) is 48.7 Å². The molecule has 1 N–H and O–H groups in total. The Hall–Kier alpha value is -3.69. The van der Waals surface area contributed by atoms with Crippen molar-refractivity contribution in [3.8, 4) is 11.9 Å². The Kier molecular flexibility index (Phi) is 8.37. The van der Waals surface area contributed by atoms with E-state index in [-0.39, 0.29) is 54.6 Å². The molecule has 4 rings (SSSR count). The van der Waals surface area contributed by atoms with Crippen LogP contribution in [-0.4, -0.2) is 68.2 Å². The minimum Gasteiger partial charge on any atom is -0.475 e. The van der Waals surface area contributed by atoms with Crippen molar-refractivity contribution in [3.63, 3.8) is 0 Å². The first-order valence-corrected chi connectivity index (χ1v) is 14.5. The Morgan fingerprint density at radius 3 is 2.48 bits per heavy atom. The van der Waals surface area contributed by atoms with E-state index in [1.807, 2.05) is 13.8 Å². The third-order valence-corrected chi connectivity index (χ3v) is 8.12. The predicted octanol–water partition coefficient (Wildman–Crippen LogP) is 2.80. The molecule has 2 heterocycles. The largest absolute Gasteiger partial charge is 0.475 e. The van der Waals surface area contributed by atoms with Crippen LogP contribution >= 0.6 is 0 Å². The highest BCUT2D eigenvalue weighted by atomic mass is 32.2. The van der Waals surface area contributed by atoms with Gasteiger partial charge in [-0.1, -0.05) is 17.7 Å². The summed E-state index contributed by atoms with van der Waals surface area (Å²) in [6.45, 7) is 8.98. The number of hydrogen-bond donors (Lipinski definition) is 1. The number of rotatable bonds is 7. The Balaban J connectivity index is 1.45. The van der Waals surface area contributed by atoms with Crippen molar-refractivity contribution in [1.82, 2.24) is 15.2 Å². The molecule has 0 spiro atoms. The van der Waals surface area contributed by atoms with Gasteiger partial charge in [0.25, 0.3) is 10.1 Å². The lowest BCUT2D eigenvalue weighted by atomic mass is 10.0. The number of fused-ring (bicyclic) bond motifs is 1. The summed E-state index contributed by atoms with van der Waals surface area (Å²) in [4.78, 5) is 30.6. The zero-order valence-corrected chi connectivity index (χ0v) is 24.1. The van der Waals surface area contributed by atoms with Crippen LogP contribution in [0.15, 0.2) is 29.2 Å². The van der Waals surface area contributed by atoms with Crippen LogP contribution in [0.25, 0.3) is 0 Å². The third kappa shape index (κ3) is 6.71. The van der Waals surface area contributed by atoms with Crippen LogP contribution < -0.4 is 10.1 Å². The van der Waals surface area contributed by atoms with Crippen LogP contribution in [-0.2, 0) is 36.7 Å². The standard InChI is InChI=1S/C28H34N4O7S/c1-17-6-8-21(9-7-17)40(35,36)38-15-19-10-22-18(2)26(31-24(12-29)23(22)11-19)37-16-20-13-30-25(33)14-32(20)27(34)39-28(3,4)5/h6-9,19-20H,10-11,13-16H2,1-5H3,(H,30,33). The molecule has 2 aliphatic rings. The molecule has 2 amide bonds. The van der Waals surface area contributed by atoms with Crippen molar-refractivity contribution in [2.45, 2.75) is 64.0 Å². The van der Waals surface area contributed by atoms with Crippen molar-refractivity contribution in [2.75, 3.05) is 26.3 Å². The van der Waals surface area contributed by atoms with E-state index in [0.717, 1.165) is 22.3 Å². The van der Waals surface area contributed by atoms with Gasteiger partial charge in [-0.15, -0.1) is 0 Å². The Morgan fingerprint density at radius 2 is 1.82 bits per heavy atom. The van der Waals surface area contributed by atoms with Crippen LogP contribution in [0, 0.1) is 31.1 Å². The number of nitrogens with zero attached hydrogens (tertiary/aromatic N) is 3. The molecule has 2 aromatic rings. The number of nitrogens with one attached hydrogen (secondary N) is 1. The van der Waals surface area contributed by atoms with Gasteiger partial charge in [0, 0.05) is 12.1 Å². The second-order valence-electron chi connectivity index (χ2n) is 11.2. The van der Waals surface area contributed by atoms with Gasteiger partial charge >= 0.3 is 6.09 Å². The minimum absolute atomic E-state index is 0.0261. The van der Waals surface area contributed by atoms with E-state index in [2.05, 4.69) is 16.4 Å². The number of hydrogen-bond acceptors (Lipinski definition) is 9. The molecule has 1 fully saturated rings. The van der Waals surface area contributed by atoms with E-state index >= 15 is 0 Å². The van der Waals surface area contributed by atoms with Crippen molar-refractivity contribution in [3.05, 3.63) is 52.2 Å². The number of carbonyl (C=O) groups excluding carboxylic acids is 2. The fourth-order valence-corrected chi connectivity index (χ4v) is 5.72. The van der Waals surface area contributed by atoms with E-state index in [4.69, 9.17) is 13.7 Å². The number of amides is 2. The van der Waals surface area contributed by atoms with Crippen molar-refractivity contribution in [1.29, 1.82) is 5.26 Å². The molecular weight excluding hydrogens is 536 g/mol. The van der Waals surface area contributed by atoms with Gasteiger partial charge in [0.1, 0.15) is 30.5 Å². The fraction of sp³-hybridized carbons (Fsp3) is 0.500. The monoisotopic (exact) mass is 570 g/mol. The van der Waals surface area contributed by atoms with Gasteiger partial charge in [0.2, 0.25) is 11.8 Å². The summed E-state index contributed by atoms with van der Waals surface area (Å²) in [5, 5.41) is 12.5. The average molecular weight is 571 g/mol. The fourth-order valence-electron chi connectivity index (χ4n) is 4.75. The Bertz CT molecular complexity index is 1440. The first kappa shape index (κ1) is 29.3.